The average molecular weight is 286 g/mol. The molecule has 3 N–H and O–H groups in total. The van der Waals surface area contributed by atoms with Gasteiger partial charge in [-0.05, 0) is 13.3 Å². The molecule has 0 aromatic carbocycles. The van der Waals surface area contributed by atoms with Crippen LogP contribution in [0.15, 0.2) is 0 Å². The molecule has 0 aromatic heterocycles. The zero-order valence-electron chi connectivity index (χ0n) is 11.3. The quantitative estimate of drug-likeness (QED) is 0.618. The number of hydrogen-bond donors (Lipinski definition) is 3. The lowest BCUT2D eigenvalue weighted by molar-refractivity contribution is -0.159. The lowest BCUT2D eigenvalue weighted by Gasteiger charge is -2.35. The number of amides is 2. The normalized spacial score (nSPS) is 23.8. The molecule has 1 aliphatic heterocycles. The minimum absolute atomic E-state index is 0.0881. The summed E-state index contributed by atoms with van der Waals surface area (Å²) in [5.74, 6) is -5.29. The Morgan fingerprint density at radius 1 is 1.15 bits per heavy atom. The zero-order valence-corrected chi connectivity index (χ0v) is 11.3. The Balaban J connectivity index is 2.76. The van der Waals surface area contributed by atoms with Crippen molar-refractivity contribution in [3.05, 3.63) is 0 Å². The van der Waals surface area contributed by atoms with Gasteiger partial charge in [0, 0.05) is 20.0 Å². The summed E-state index contributed by atoms with van der Waals surface area (Å²) < 4.78 is 0. The van der Waals surface area contributed by atoms with E-state index >= 15 is 0 Å². The minimum atomic E-state index is -1.23. The molecule has 0 bridgehead atoms. The van der Waals surface area contributed by atoms with Crippen LogP contribution in [0.2, 0.25) is 0 Å². The molecule has 112 valence electrons. The van der Waals surface area contributed by atoms with Crippen LogP contribution in [-0.4, -0.2) is 58.0 Å². The topological polar surface area (TPSA) is 124 Å². The van der Waals surface area contributed by atoms with Crippen LogP contribution in [0.4, 0.5) is 0 Å². The van der Waals surface area contributed by atoms with Crippen LogP contribution < -0.4 is 5.32 Å². The number of aliphatic carboxylic acids is 2. The van der Waals surface area contributed by atoms with Crippen molar-refractivity contribution in [3.63, 3.8) is 0 Å². The van der Waals surface area contributed by atoms with Crippen molar-refractivity contribution >= 4 is 23.8 Å². The van der Waals surface area contributed by atoms with E-state index in [1.54, 1.807) is 0 Å². The number of nitrogens with zero attached hydrogens (tertiary/aromatic N) is 1. The minimum Gasteiger partial charge on any atom is -0.481 e. The maximum atomic E-state index is 12.0. The summed E-state index contributed by atoms with van der Waals surface area (Å²) in [5, 5.41) is 20.5. The van der Waals surface area contributed by atoms with Gasteiger partial charge in [-0.1, -0.05) is 0 Å². The van der Waals surface area contributed by atoms with E-state index in [0.717, 1.165) is 0 Å². The Hall–Kier alpha value is -2.12. The number of rotatable bonds is 4. The van der Waals surface area contributed by atoms with Gasteiger partial charge in [0.15, 0.2) is 0 Å². The van der Waals surface area contributed by atoms with Gasteiger partial charge in [-0.15, -0.1) is 0 Å². The average Bonchev–Trinajstić information content (AvgIpc) is 2.36. The molecule has 8 heteroatoms. The van der Waals surface area contributed by atoms with Crippen molar-refractivity contribution in [2.45, 2.75) is 26.3 Å². The molecular formula is C12H18N2O6. The zero-order chi connectivity index (χ0) is 15.4. The van der Waals surface area contributed by atoms with Crippen molar-refractivity contribution in [2.24, 2.45) is 11.8 Å². The van der Waals surface area contributed by atoms with Crippen molar-refractivity contribution in [1.29, 1.82) is 0 Å². The summed E-state index contributed by atoms with van der Waals surface area (Å²) >= 11 is 0. The molecular weight excluding hydrogens is 268 g/mol. The smallest absolute Gasteiger partial charge is 0.309 e. The molecule has 0 aromatic rings. The fraction of sp³-hybridized carbons (Fsp3) is 0.667. The molecule has 20 heavy (non-hydrogen) atoms. The van der Waals surface area contributed by atoms with Crippen LogP contribution in [0.1, 0.15) is 20.3 Å². The molecule has 0 radical (unpaired) electrons. The molecule has 3 unspecified atom stereocenters. The van der Waals surface area contributed by atoms with E-state index in [1.165, 1.54) is 18.7 Å². The fourth-order valence-corrected chi connectivity index (χ4v) is 2.34. The monoisotopic (exact) mass is 286 g/mol. The molecule has 3 atom stereocenters. The second-order valence-corrected chi connectivity index (χ2v) is 4.88. The van der Waals surface area contributed by atoms with E-state index in [9.17, 15) is 19.2 Å². The van der Waals surface area contributed by atoms with Crippen LogP contribution in [0.5, 0.6) is 0 Å². The maximum absolute atomic E-state index is 12.0. The van der Waals surface area contributed by atoms with Crippen LogP contribution in [0, 0.1) is 11.8 Å². The summed E-state index contributed by atoms with van der Waals surface area (Å²) in [6.45, 7) is 2.79. The molecule has 1 aliphatic rings. The molecule has 2 amide bonds. The van der Waals surface area contributed by atoms with Gasteiger partial charge in [-0.2, -0.15) is 0 Å². The van der Waals surface area contributed by atoms with Gasteiger partial charge in [0.05, 0.1) is 11.8 Å². The summed E-state index contributed by atoms with van der Waals surface area (Å²) in [6, 6.07) is -0.761. The van der Waals surface area contributed by atoms with Gasteiger partial charge < -0.3 is 20.4 Å². The van der Waals surface area contributed by atoms with Crippen LogP contribution in [-0.2, 0) is 19.2 Å². The van der Waals surface area contributed by atoms with E-state index in [2.05, 4.69) is 5.32 Å². The molecule has 1 saturated heterocycles. The van der Waals surface area contributed by atoms with Gasteiger partial charge in [0.2, 0.25) is 11.8 Å². The molecule has 1 heterocycles. The number of carboxylic acid groups (broad SMARTS) is 2. The number of carbonyl (C=O) groups is 4. The van der Waals surface area contributed by atoms with Crippen molar-refractivity contribution in [1.82, 2.24) is 10.2 Å². The third-order valence-corrected chi connectivity index (χ3v) is 3.35. The SMILES string of the molecule is CC(=O)NC(C)C(=O)N1CCC(C(=O)O)C(C(=O)O)C1. The van der Waals surface area contributed by atoms with E-state index in [1.807, 2.05) is 0 Å². The van der Waals surface area contributed by atoms with Gasteiger partial charge in [0.25, 0.3) is 0 Å². The first kappa shape index (κ1) is 15.9. The number of carboxylic acids is 2. The van der Waals surface area contributed by atoms with E-state index < -0.39 is 35.7 Å². The summed E-state index contributed by atoms with van der Waals surface area (Å²) in [4.78, 5) is 46.4. The van der Waals surface area contributed by atoms with Crippen molar-refractivity contribution in [2.75, 3.05) is 13.1 Å². The van der Waals surface area contributed by atoms with E-state index in [-0.39, 0.29) is 25.4 Å². The highest BCUT2D eigenvalue weighted by Gasteiger charge is 2.40. The molecule has 1 rings (SSSR count). The fourth-order valence-electron chi connectivity index (χ4n) is 2.34. The van der Waals surface area contributed by atoms with Crippen LogP contribution in [0.3, 0.4) is 0 Å². The molecule has 1 fully saturated rings. The Labute approximate surface area is 115 Å². The lowest BCUT2D eigenvalue weighted by Crippen LogP contribution is -2.53. The Kier molecular flexibility index (Phi) is 5.06. The van der Waals surface area contributed by atoms with Gasteiger partial charge in [0.1, 0.15) is 6.04 Å². The van der Waals surface area contributed by atoms with Gasteiger partial charge in [-0.3, -0.25) is 19.2 Å². The largest absolute Gasteiger partial charge is 0.481 e. The number of nitrogens with one attached hydrogen (secondary N) is 1. The van der Waals surface area contributed by atoms with E-state index in [4.69, 9.17) is 10.2 Å². The Morgan fingerprint density at radius 3 is 2.15 bits per heavy atom. The predicted octanol–water partition coefficient (Wildman–Crippen LogP) is -0.855. The first-order valence-corrected chi connectivity index (χ1v) is 6.25. The second kappa shape index (κ2) is 6.36. The van der Waals surface area contributed by atoms with Gasteiger partial charge in [-0.25, -0.2) is 0 Å². The number of piperidine rings is 1. The summed E-state index contributed by atoms with van der Waals surface area (Å²) in [5.41, 5.74) is 0. The highest BCUT2D eigenvalue weighted by Crippen LogP contribution is 2.24. The first-order chi connectivity index (χ1) is 9.23. The number of carbonyl (C=O) groups excluding carboxylic acids is 2. The van der Waals surface area contributed by atoms with Crippen LogP contribution in [0.25, 0.3) is 0 Å². The molecule has 0 aliphatic carbocycles. The standard InChI is InChI=1S/C12H18N2O6/c1-6(13-7(2)15)10(16)14-4-3-8(11(17)18)9(5-14)12(19)20/h6,8-9H,3-5H2,1-2H3,(H,13,15)(H,17,18)(H,19,20). The maximum Gasteiger partial charge on any atom is 0.309 e. The number of hydrogen-bond acceptors (Lipinski definition) is 4. The Morgan fingerprint density at radius 2 is 1.70 bits per heavy atom. The van der Waals surface area contributed by atoms with E-state index in [0.29, 0.717) is 0 Å². The first-order valence-electron chi connectivity index (χ1n) is 6.25. The molecule has 0 saturated carbocycles. The molecule has 8 nitrogen and oxygen atoms in total. The lowest BCUT2D eigenvalue weighted by atomic mass is 9.85. The summed E-state index contributed by atoms with van der Waals surface area (Å²) in [7, 11) is 0. The summed E-state index contributed by atoms with van der Waals surface area (Å²) in [6.07, 6.45) is 0.0881. The number of likely N-dealkylation sites (tertiary alicyclic amines) is 1. The third kappa shape index (κ3) is 3.69. The van der Waals surface area contributed by atoms with Gasteiger partial charge >= 0.3 is 11.9 Å². The molecule has 0 spiro atoms. The Bertz CT molecular complexity index is 436. The van der Waals surface area contributed by atoms with Crippen molar-refractivity contribution < 1.29 is 29.4 Å². The predicted molar refractivity (Wildman–Crippen MR) is 66.7 cm³/mol. The second-order valence-electron chi connectivity index (χ2n) is 4.88. The third-order valence-electron chi connectivity index (χ3n) is 3.35. The highest BCUT2D eigenvalue weighted by atomic mass is 16.4. The van der Waals surface area contributed by atoms with Crippen LogP contribution >= 0.6 is 0 Å². The van der Waals surface area contributed by atoms with Crippen molar-refractivity contribution in [3.8, 4) is 0 Å². The highest BCUT2D eigenvalue weighted by molar-refractivity contribution is 5.87.